The van der Waals surface area contributed by atoms with Gasteiger partial charge in [-0.2, -0.15) is 0 Å². The summed E-state index contributed by atoms with van der Waals surface area (Å²) in [6.07, 6.45) is 2.81. The fourth-order valence-electron chi connectivity index (χ4n) is 4.19. The molecule has 1 aromatic carbocycles. The summed E-state index contributed by atoms with van der Waals surface area (Å²) in [6, 6.07) is 6.36. The number of carboxylic acids is 1. The van der Waals surface area contributed by atoms with E-state index in [-0.39, 0.29) is 24.1 Å². The molecule has 26 heavy (non-hydrogen) atoms. The van der Waals surface area contributed by atoms with Gasteiger partial charge in [0.25, 0.3) is 5.91 Å². The van der Waals surface area contributed by atoms with E-state index in [0.717, 1.165) is 12.8 Å². The summed E-state index contributed by atoms with van der Waals surface area (Å²) >= 11 is 0. The van der Waals surface area contributed by atoms with Crippen LogP contribution in [0, 0.1) is 11.3 Å². The number of carboxylic acid groups (broad SMARTS) is 1. The number of nitrogens with one attached hydrogen (secondary N) is 1. The summed E-state index contributed by atoms with van der Waals surface area (Å²) in [4.78, 5) is 26.2. The van der Waals surface area contributed by atoms with Crippen LogP contribution >= 0.6 is 0 Å². The van der Waals surface area contributed by atoms with E-state index < -0.39 is 21.4 Å². The molecule has 1 saturated heterocycles. The van der Waals surface area contributed by atoms with Crippen molar-refractivity contribution >= 4 is 27.6 Å². The molecular formula is C18H24N2O5S. The summed E-state index contributed by atoms with van der Waals surface area (Å²) in [5.74, 6) is -1.07. The van der Waals surface area contributed by atoms with Crippen molar-refractivity contribution in [3.05, 3.63) is 29.8 Å². The molecule has 1 heterocycles. The Bertz CT molecular complexity index is 823. The van der Waals surface area contributed by atoms with Gasteiger partial charge in [0.15, 0.2) is 0 Å². The minimum absolute atomic E-state index is 0.00445. The number of nitrogens with zero attached hydrogens (tertiary/aromatic N) is 1. The highest BCUT2D eigenvalue weighted by Gasteiger charge is 2.55. The second-order valence-electron chi connectivity index (χ2n) is 7.24. The van der Waals surface area contributed by atoms with Crippen LogP contribution in [0.1, 0.15) is 43.0 Å². The van der Waals surface area contributed by atoms with Crippen molar-refractivity contribution in [1.29, 1.82) is 0 Å². The number of likely N-dealkylation sites (tertiary alicyclic amines) is 1. The van der Waals surface area contributed by atoms with Gasteiger partial charge in [0.05, 0.1) is 11.2 Å². The summed E-state index contributed by atoms with van der Waals surface area (Å²) in [5.41, 5.74) is -0.116. The highest BCUT2D eigenvalue weighted by molar-refractivity contribution is 7.92. The van der Waals surface area contributed by atoms with Gasteiger partial charge in [-0.3, -0.25) is 14.3 Å². The second-order valence-corrected chi connectivity index (χ2v) is 9.08. The zero-order valence-electron chi connectivity index (χ0n) is 14.8. The molecule has 2 aliphatic rings. The molecule has 1 aliphatic heterocycles. The number of amides is 1. The molecule has 3 rings (SSSR count). The maximum atomic E-state index is 12.8. The summed E-state index contributed by atoms with van der Waals surface area (Å²) in [6.45, 7) is 2.44. The average Bonchev–Trinajstić information content (AvgIpc) is 3.12. The molecule has 2 N–H and O–H groups in total. The molecule has 2 atom stereocenters. The Hall–Kier alpha value is -2.09. The Morgan fingerprint density at radius 3 is 2.81 bits per heavy atom. The van der Waals surface area contributed by atoms with Crippen LogP contribution < -0.4 is 4.72 Å². The van der Waals surface area contributed by atoms with Crippen molar-refractivity contribution in [3.8, 4) is 0 Å². The van der Waals surface area contributed by atoms with Gasteiger partial charge in [0.2, 0.25) is 10.0 Å². The summed E-state index contributed by atoms with van der Waals surface area (Å²) in [5, 5.41) is 9.65. The van der Waals surface area contributed by atoms with Crippen LogP contribution in [0.15, 0.2) is 24.3 Å². The first-order valence-electron chi connectivity index (χ1n) is 8.90. The van der Waals surface area contributed by atoms with Crippen LogP contribution in [-0.2, 0) is 14.8 Å². The number of fused-ring (bicyclic) bond motifs is 1. The van der Waals surface area contributed by atoms with Crippen LogP contribution in [0.25, 0.3) is 0 Å². The van der Waals surface area contributed by atoms with E-state index in [1.54, 1.807) is 30.0 Å². The minimum Gasteiger partial charge on any atom is -0.481 e. The van der Waals surface area contributed by atoms with Crippen LogP contribution in [0.3, 0.4) is 0 Å². The number of rotatable bonds is 6. The van der Waals surface area contributed by atoms with Crippen LogP contribution in [0.4, 0.5) is 5.69 Å². The third-order valence-electron chi connectivity index (χ3n) is 5.44. The SMILES string of the molecule is CCCS(=O)(=O)Nc1cccc(C(=O)N2C[C@@H]3CCC[C@@]3(C(=O)O)C2)c1. The normalized spacial score (nSPS) is 25.1. The van der Waals surface area contributed by atoms with Crippen molar-refractivity contribution < 1.29 is 23.1 Å². The van der Waals surface area contributed by atoms with Crippen LogP contribution in [0.5, 0.6) is 0 Å². The Morgan fingerprint density at radius 1 is 1.38 bits per heavy atom. The van der Waals surface area contributed by atoms with Gasteiger partial charge in [0, 0.05) is 24.3 Å². The monoisotopic (exact) mass is 380 g/mol. The molecule has 7 nitrogen and oxygen atoms in total. The molecule has 1 aliphatic carbocycles. The quantitative estimate of drug-likeness (QED) is 0.787. The van der Waals surface area contributed by atoms with E-state index in [4.69, 9.17) is 0 Å². The third kappa shape index (κ3) is 3.42. The van der Waals surface area contributed by atoms with Crippen molar-refractivity contribution in [2.75, 3.05) is 23.6 Å². The lowest BCUT2D eigenvalue weighted by atomic mass is 9.81. The number of aliphatic carboxylic acids is 1. The Morgan fingerprint density at radius 2 is 2.15 bits per heavy atom. The minimum atomic E-state index is -3.43. The number of anilines is 1. The zero-order chi connectivity index (χ0) is 18.9. The van der Waals surface area contributed by atoms with E-state index in [0.29, 0.717) is 30.6 Å². The molecule has 0 aromatic heterocycles. The average molecular weight is 380 g/mol. The molecule has 8 heteroatoms. The molecular weight excluding hydrogens is 356 g/mol. The van der Waals surface area contributed by atoms with Gasteiger partial charge in [-0.25, -0.2) is 8.42 Å². The standard InChI is InChI=1S/C18H24N2O5S/c1-2-9-26(24,25)19-15-7-3-5-13(10-15)16(21)20-11-14-6-4-8-18(14,12-20)17(22)23/h3,5,7,10,14,19H,2,4,6,8-9,11-12H2,1H3,(H,22,23)/t14-,18+/m0/s1. The lowest BCUT2D eigenvalue weighted by Crippen LogP contribution is -2.37. The van der Waals surface area contributed by atoms with Gasteiger partial charge in [-0.1, -0.05) is 19.4 Å². The molecule has 0 spiro atoms. The van der Waals surface area contributed by atoms with Gasteiger partial charge >= 0.3 is 5.97 Å². The number of carbonyl (C=O) groups excluding carboxylic acids is 1. The predicted octanol–water partition coefficient (Wildman–Crippen LogP) is 2.17. The smallest absolute Gasteiger partial charge is 0.311 e. The Labute approximate surface area is 153 Å². The highest BCUT2D eigenvalue weighted by Crippen LogP contribution is 2.49. The number of benzene rings is 1. The van der Waals surface area contributed by atoms with E-state index >= 15 is 0 Å². The number of carbonyl (C=O) groups is 2. The first-order chi connectivity index (χ1) is 12.3. The van der Waals surface area contributed by atoms with Gasteiger partial charge in [0.1, 0.15) is 0 Å². The topological polar surface area (TPSA) is 104 Å². The molecule has 0 radical (unpaired) electrons. The fraction of sp³-hybridized carbons (Fsp3) is 0.556. The molecule has 1 amide bonds. The molecule has 0 bridgehead atoms. The Balaban J connectivity index is 1.77. The largest absolute Gasteiger partial charge is 0.481 e. The third-order valence-corrected chi connectivity index (χ3v) is 6.93. The lowest BCUT2D eigenvalue weighted by molar-refractivity contribution is -0.149. The summed E-state index contributed by atoms with van der Waals surface area (Å²) in [7, 11) is -3.43. The zero-order valence-corrected chi connectivity index (χ0v) is 15.6. The molecule has 1 aromatic rings. The van der Waals surface area contributed by atoms with E-state index in [9.17, 15) is 23.1 Å². The number of hydrogen-bond acceptors (Lipinski definition) is 4. The molecule has 0 unspecified atom stereocenters. The van der Waals surface area contributed by atoms with Crippen molar-refractivity contribution in [3.63, 3.8) is 0 Å². The first-order valence-corrected chi connectivity index (χ1v) is 10.6. The predicted molar refractivity (Wildman–Crippen MR) is 97.5 cm³/mol. The van der Waals surface area contributed by atoms with Gasteiger partial charge in [-0.15, -0.1) is 0 Å². The fourth-order valence-corrected chi connectivity index (χ4v) is 5.32. The highest BCUT2D eigenvalue weighted by atomic mass is 32.2. The maximum Gasteiger partial charge on any atom is 0.311 e. The van der Waals surface area contributed by atoms with E-state index in [2.05, 4.69) is 4.72 Å². The van der Waals surface area contributed by atoms with E-state index in [1.807, 2.05) is 0 Å². The van der Waals surface area contributed by atoms with Gasteiger partial charge < -0.3 is 10.0 Å². The molecule has 1 saturated carbocycles. The lowest BCUT2D eigenvalue weighted by Gasteiger charge is -2.23. The second kappa shape index (κ2) is 6.90. The Kier molecular flexibility index (Phi) is 4.96. The van der Waals surface area contributed by atoms with Crippen molar-refractivity contribution in [2.45, 2.75) is 32.6 Å². The molecule has 142 valence electrons. The van der Waals surface area contributed by atoms with Gasteiger partial charge in [-0.05, 0) is 43.4 Å². The van der Waals surface area contributed by atoms with Crippen molar-refractivity contribution in [1.82, 2.24) is 4.90 Å². The number of hydrogen-bond donors (Lipinski definition) is 2. The maximum absolute atomic E-state index is 12.8. The number of sulfonamides is 1. The molecule has 2 fully saturated rings. The van der Waals surface area contributed by atoms with E-state index in [1.165, 1.54) is 6.07 Å². The van der Waals surface area contributed by atoms with Crippen molar-refractivity contribution in [2.24, 2.45) is 11.3 Å². The van der Waals surface area contributed by atoms with Crippen LogP contribution in [-0.4, -0.2) is 49.1 Å². The summed E-state index contributed by atoms with van der Waals surface area (Å²) < 4.78 is 26.3. The first kappa shape index (κ1) is 18.7. The van der Waals surface area contributed by atoms with Crippen LogP contribution in [0.2, 0.25) is 0 Å².